The first-order chi connectivity index (χ1) is 9.00. The number of aromatic nitrogens is 1. The fraction of sp³-hybridized carbons (Fsp3) is 0.643. The van der Waals surface area contributed by atoms with E-state index in [2.05, 4.69) is 29.8 Å². The fourth-order valence-corrected chi connectivity index (χ4v) is 2.90. The van der Waals surface area contributed by atoms with E-state index in [1.807, 2.05) is 28.8 Å². The molecular weight excluding hydrogens is 308 g/mol. The lowest BCUT2D eigenvalue weighted by Crippen LogP contribution is -2.41. The molecule has 0 atom stereocenters. The van der Waals surface area contributed by atoms with E-state index in [9.17, 15) is 4.79 Å². The zero-order valence-electron chi connectivity index (χ0n) is 11.7. The third kappa shape index (κ3) is 3.20. The molecule has 1 aliphatic rings. The molecule has 5 heteroatoms. The van der Waals surface area contributed by atoms with Crippen LogP contribution in [0.1, 0.15) is 43.2 Å². The summed E-state index contributed by atoms with van der Waals surface area (Å²) in [7, 11) is 1.89. The molecule has 1 saturated heterocycles. The summed E-state index contributed by atoms with van der Waals surface area (Å²) in [4.78, 5) is 14.5. The highest BCUT2D eigenvalue weighted by Gasteiger charge is 2.25. The first-order valence-electron chi connectivity index (χ1n) is 6.73. The highest BCUT2D eigenvalue weighted by Crippen LogP contribution is 2.22. The molecule has 1 amide bonds. The SMILES string of the molecule is CC(C)n1cc(Br)cc1C(=O)N(C)C1CCOCC1. The van der Waals surface area contributed by atoms with Crippen LogP contribution in [-0.4, -0.2) is 41.7 Å². The molecule has 0 spiro atoms. The van der Waals surface area contributed by atoms with Crippen LogP contribution in [0.3, 0.4) is 0 Å². The first-order valence-corrected chi connectivity index (χ1v) is 7.52. The van der Waals surface area contributed by atoms with E-state index in [1.54, 1.807) is 0 Å². The highest BCUT2D eigenvalue weighted by atomic mass is 79.9. The average molecular weight is 329 g/mol. The predicted octanol–water partition coefficient (Wildman–Crippen LogP) is 3.08. The van der Waals surface area contributed by atoms with Crippen LogP contribution in [0.5, 0.6) is 0 Å². The molecule has 0 saturated carbocycles. The maximum Gasteiger partial charge on any atom is 0.270 e. The molecular formula is C14H21BrN2O2. The zero-order valence-corrected chi connectivity index (χ0v) is 13.3. The number of ether oxygens (including phenoxy) is 1. The van der Waals surface area contributed by atoms with Crippen LogP contribution in [0.4, 0.5) is 0 Å². The van der Waals surface area contributed by atoms with Crippen molar-refractivity contribution in [3.05, 3.63) is 22.4 Å². The molecule has 2 rings (SSSR count). The molecule has 1 aromatic heterocycles. The van der Waals surface area contributed by atoms with E-state index in [0.717, 1.165) is 36.2 Å². The third-order valence-electron chi connectivity index (χ3n) is 3.65. The van der Waals surface area contributed by atoms with Gasteiger partial charge in [0.25, 0.3) is 5.91 Å². The summed E-state index contributed by atoms with van der Waals surface area (Å²) >= 11 is 3.45. The maximum absolute atomic E-state index is 12.6. The van der Waals surface area contributed by atoms with Gasteiger partial charge >= 0.3 is 0 Å². The van der Waals surface area contributed by atoms with Gasteiger partial charge in [-0.2, -0.15) is 0 Å². The van der Waals surface area contributed by atoms with Gasteiger partial charge in [-0.3, -0.25) is 4.79 Å². The lowest BCUT2D eigenvalue weighted by Gasteiger charge is -2.31. The molecule has 1 aliphatic heterocycles. The van der Waals surface area contributed by atoms with Gasteiger partial charge in [-0.1, -0.05) is 0 Å². The van der Waals surface area contributed by atoms with Crippen LogP contribution in [0, 0.1) is 0 Å². The smallest absolute Gasteiger partial charge is 0.270 e. The van der Waals surface area contributed by atoms with Crippen molar-refractivity contribution in [2.24, 2.45) is 0 Å². The summed E-state index contributed by atoms with van der Waals surface area (Å²) in [5, 5.41) is 0. The van der Waals surface area contributed by atoms with E-state index < -0.39 is 0 Å². The van der Waals surface area contributed by atoms with Crippen LogP contribution in [-0.2, 0) is 4.74 Å². The Kier molecular flexibility index (Phi) is 4.68. The molecule has 0 aromatic carbocycles. The average Bonchev–Trinajstić information content (AvgIpc) is 2.80. The number of amides is 1. The summed E-state index contributed by atoms with van der Waals surface area (Å²) in [6.07, 6.45) is 3.81. The van der Waals surface area contributed by atoms with E-state index in [4.69, 9.17) is 4.74 Å². The van der Waals surface area contributed by atoms with Crippen molar-refractivity contribution >= 4 is 21.8 Å². The Bertz CT molecular complexity index is 450. The van der Waals surface area contributed by atoms with Gasteiger partial charge in [-0.05, 0) is 48.7 Å². The second kappa shape index (κ2) is 6.09. The van der Waals surface area contributed by atoms with Gasteiger partial charge in [0.05, 0.1) is 0 Å². The number of carbonyl (C=O) groups excluding carboxylic acids is 1. The van der Waals surface area contributed by atoms with Crippen LogP contribution < -0.4 is 0 Å². The van der Waals surface area contributed by atoms with Crippen LogP contribution in [0.2, 0.25) is 0 Å². The Hall–Kier alpha value is -0.810. The minimum atomic E-state index is 0.0892. The van der Waals surface area contributed by atoms with Gasteiger partial charge in [0.1, 0.15) is 5.69 Å². The summed E-state index contributed by atoms with van der Waals surface area (Å²) < 4.78 is 8.32. The molecule has 2 heterocycles. The van der Waals surface area contributed by atoms with Crippen molar-refractivity contribution in [2.45, 2.75) is 38.8 Å². The summed E-state index contributed by atoms with van der Waals surface area (Å²) in [6, 6.07) is 2.46. The molecule has 0 radical (unpaired) electrons. The number of carbonyl (C=O) groups is 1. The van der Waals surface area contributed by atoms with Gasteiger partial charge < -0.3 is 14.2 Å². The predicted molar refractivity (Wildman–Crippen MR) is 78.5 cm³/mol. The van der Waals surface area contributed by atoms with E-state index in [-0.39, 0.29) is 18.0 Å². The Morgan fingerprint density at radius 1 is 1.47 bits per heavy atom. The summed E-state index contributed by atoms with van der Waals surface area (Å²) in [6.45, 7) is 5.66. The summed E-state index contributed by atoms with van der Waals surface area (Å²) in [5.41, 5.74) is 0.746. The molecule has 1 fully saturated rings. The Labute approximate surface area is 122 Å². The number of hydrogen-bond acceptors (Lipinski definition) is 2. The van der Waals surface area contributed by atoms with E-state index in [0.29, 0.717) is 0 Å². The lowest BCUT2D eigenvalue weighted by atomic mass is 10.1. The maximum atomic E-state index is 12.6. The minimum Gasteiger partial charge on any atom is -0.381 e. The van der Waals surface area contributed by atoms with Gasteiger partial charge in [0, 0.05) is 43.0 Å². The molecule has 4 nitrogen and oxygen atoms in total. The lowest BCUT2D eigenvalue weighted by molar-refractivity contribution is 0.0355. The van der Waals surface area contributed by atoms with Crippen molar-refractivity contribution in [3.8, 4) is 0 Å². The highest BCUT2D eigenvalue weighted by molar-refractivity contribution is 9.10. The van der Waals surface area contributed by atoms with Crippen LogP contribution in [0.25, 0.3) is 0 Å². The molecule has 0 unspecified atom stereocenters. The fourth-order valence-electron chi connectivity index (χ4n) is 2.46. The van der Waals surface area contributed by atoms with Gasteiger partial charge in [0.15, 0.2) is 0 Å². The van der Waals surface area contributed by atoms with E-state index >= 15 is 0 Å². The number of halogens is 1. The van der Waals surface area contributed by atoms with Crippen molar-refractivity contribution in [1.82, 2.24) is 9.47 Å². The van der Waals surface area contributed by atoms with Gasteiger partial charge in [0.2, 0.25) is 0 Å². The van der Waals surface area contributed by atoms with Crippen molar-refractivity contribution in [1.29, 1.82) is 0 Å². The van der Waals surface area contributed by atoms with Crippen molar-refractivity contribution in [3.63, 3.8) is 0 Å². The van der Waals surface area contributed by atoms with Crippen LogP contribution >= 0.6 is 15.9 Å². The normalized spacial score (nSPS) is 16.9. The largest absolute Gasteiger partial charge is 0.381 e. The standard InChI is InChI=1S/C14H21BrN2O2/c1-10(2)17-9-11(15)8-13(17)14(18)16(3)12-4-6-19-7-5-12/h8-10,12H,4-7H2,1-3H3. The summed E-state index contributed by atoms with van der Waals surface area (Å²) in [5.74, 6) is 0.0892. The number of nitrogens with zero attached hydrogens (tertiary/aromatic N) is 2. The minimum absolute atomic E-state index is 0.0892. The Morgan fingerprint density at radius 2 is 2.11 bits per heavy atom. The second-order valence-electron chi connectivity index (χ2n) is 5.30. The molecule has 19 heavy (non-hydrogen) atoms. The van der Waals surface area contributed by atoms with Gasteiger partial charge in [-0.25, -0.2) is 0 Å². The quantitative estimate of drug-likeness (QED) is 0.854. The molecule has 0 N–H and O–H groups in total. The monoisotopic (exact) mass is 328 g/mol. The number of hydrogen-bond donors (Lipinski definition) is 0. The van der Waals surface area contributed by atoms with Gasteiger partial charge in [-0.15, -0.1) is 0 Å². The van der Waals surface area contributed by atoms with Crippen molar-refractivity contribution in [2.75, 3.05) is 20.3 Å². The Balaban J connectivity index is 2.18. The second-order valence-corrected chi connectivity index (χ2v) is 6.22. The zero-order chi connectivity index (χ0) is 14.0. The topological polar surface area (TPSA) is 34.5 Å². The first kappa shape index (κ1) is 14.6. The molecule has 0 bridgehead atoms. The van der Waals surface area contributed by atoms with Crippen molar-refractivity contribution < 1.29 is 9.53 Å². The molecule has 106 valence electrons. The molecule has 1 aromatic rings. The number of rotatable bonds is 3. The Morgan fingerprint density at radius 3 is 2.68 bits per heavy atom. The van der Waals surface area contributed by atoms with Crippen LogP contribution in [0.15, 0.2) is 16.7 Å². The third-order valence-corrected chi connectivity index (χ3v) is 4.08. The molecule has 0 aliphatic carbocycles. The van der Waals surface area contributed by atoms with E-state index in [1.165, 1.54) is 0 Å².